The number of nitro groups is 1. The molecule has 0 aliphatic carbocycles. The second-order valence-corrected chi connectivity index (χ2v) is 4.87. The Morgan fingerprint density at radius 2 is 1.91 bits per heavy atom. The van der Waals surface area contributed by atoms with Crippen molar-refractivity contribution in [3.63, 3.8) is 0 Å². The Hall–Kier alpha value is -3.35. The average Bonchev–Trinajstić information content (AvgIpc) is 2.57. The molecule has 0 atom stereocenters. The first-order chi connectivity index (χ1) is 11.1. The monoisotopic (exact) mass is 307 g/mol. The van der Waals surface area contributed by atoms with Crippen LogP contribution in [-0.2, 0) is 7.05 Å². The third kappa shape index (κ3) is 3.13. The van der Waals surface area contributed by atoms with Crippen LogP contribution in [0.4, 0.5) is 5.69 Å². The predicted molar refractivity (Wildman–Crippen MR) is 87.0 cm³/mol. The lowest BCUT2D eigenvalue weighted by Crippen LogP contribution is -2.20. The summed E-state index contributed by atoms with van der Waals surface area (Å²) in [5.41, 5.74) is 1.42. The molecule has 0 saturated carbocycles. The van der Waals surface area contributed by atoms with E-state index in [1.165, 1.54) is 12.1 Å². The van der Waals surface area contributed by atoms with Crippen molar-refractivity contribution in [2.75, 3.05) is 0 Å². The van der Waals surface area contributed by atoms with Crippen molar-refractivity contribution < 1.29 is 4.92 Å². The Bertz CT molecular complexity index is 958. The Morgan fingerprint density at radius 1 is 1.17 bits per heavy atom. The fraction of sp³-hybridized carbons (Fsp3) is 0.0625. The van der Waals surface area contributed by atoms with Crippen molar-refractivity contribution in [1.82, 2.24) is 9.78 Å². The molecule has 23 heavy (non-hydrogen) atoms. The van der Waals surface area contributed by atoms with Gasteiger partial charge in [0.15, 0.2) is 5.49 Å². The number of nitrogens with zero attached hydrogens (tertiary/aromatic N) is 5. The molecular formula is C16H13N5O2. The zero-order valence-electron chi connectivity index (χ0n) is 12.3. The van der Waals surface area contributed by atoms with E-state index >= 15 is 0 Å². The van der Waals surface area contributed by atoms with Crippen molar-refractivity contribution in [3.8, 4) is 0 Å². The van der Waals surface area contributed by atoms with Gasteiger partial charge in [0.1, 0.15) is 0 Å². The molecule has 0 aliphatic heterocycles. The molecule has 1 heterocycles. The molecule has 0 bridgehead atoms. The number of hydrogen-bond donors (Lipinski definition) is 0. The Labute approximate surface area is 131 Å². The van der Waals surface area contributed by atoms with Gasteiger partial charge in [-0.1, -0.05) is 24.3 Å². The summed E-state index contributed by atoms with van der Waals surface area (Å²) in [6.07, 6.45) is 3.32. The molecule has 0 unspecified atom stereocenters. The first kappa shape index (κ1) is 14.6. The van der Waals surface area contributed by atoms with Gasteiger partial charge >= 0.3 is 0 Å². The van der Waals surface area contributed by atoms with E-state index in [1.807, 2.05) is 24.3 Å². The average molecular weight is 307 g/mol. The van der Waals surface area contributed by atoms with Gasteiger partial charge < -0.3 is 0 Å². The van der Waals surface area contributed by atoms with Crippen LogP contribution in [0, 0.1) is 10.1 Å². The van der Waals surface area contributed by atoms with E-state index in [0.29, 0.717) is 5.49 Å². The fourth-order valence-electron chi connectivity index (χ4n) is 2.14. The molecule has 0 saturated heterocycles. The molecule has 0 aliphatic rings. The highest BCUT2D eigenvalue weighted by atomic mass is 16.6. The summed E-state index contributed by atoms with van der Waals surface area (Å²) in [7, 11) is 1.80. The van der Waals surface area contributed by atoms with Gasteiger partial charge in [-0.25, -0.2) is 4.68 Å². The maximum Gasteiger partial charge on any atom is 0.269 e. The van der Waals surface area contributed by atoms with E-state index in [-0.39, 0.29) is 5.69 Å². The number of aryl methyl sites for hydroxylation is 1. The minimum atomic E-state index is -0.437. The SMILES string of the molecule is Cn1ncc2ccccc2/c1=N\N=C/c1ccc([N+](=O)[O-])cc1. The summed E-state index contributed by atoms with van der Waals surface area (Å²) >= 11 is 0. The van der Waals surface area contributed by atoms with E-state index in [0.717, 1.165) is 16.3 Å². The van der Waals surface area contributed by atoms with E-state index < -0.39 is 4.92 Å². The van der Waals surface area contributed by atoms with E-state index in [2.05, 4.69) is 15.3 Å². The summed E-state index contributed by atoms with van der Waals surface area (Å²) in [4.78, 5) is 10.2. The molecule has 0 radical (unpaired) electrons. The quantitative estimate of drug-likeness (QED) is 0.423. The highest BCUT2D eigenvalue weighted by Gasteiger charge is 2.02. The van der Waals surface area contributed by atoms with Gasteiger partial charge in [0.05, 0.1) is 17.3 Å². The zero-order valence-corrected chi connectivity index (χ0v) is 12.3. The lowest BCUT2D eigenvalue weighted by molar-refractivity contribution is -0.384. The fourth-order valence-corrected chi connectivity index (χ4v) is 2.14. The van der Waals surface area contributed by atoms with Crippen LogP contribution < -0.4 is 5.49 Å². The van der Waals surface area contributed by atoms with Crippen molar-refractivity contribution >= 4 is 22.7 Å². The van der Waals surface area contributed by atoms with Crippen LogP contribution in [-0.4, -0.2) is 20.9 Å². The van der Waals surface area contributed by atoms with Gasteiger partial charge in [-0.3, -0.25) is 10.1 Å². The lowest BCUT2D eigenvalue weighted by Gasteiger charge is -2.01. The summed E-state index contributed by atoms with van der Waals surface area (Å²) in [5.74, 6) is 0. The molecule has 0 fully saturated rings. The van der Waals surface area contributed by atoms with Gasteiger partial charge in [0.25, 0.3) is 5.69 Å². The first-order valence-electron chi connectivity index (χ1n) is 6.88. The third-order valence-corrected chi connectivity index (χ3v) is 3.34. The zero-order chi connectivity index (χ0) is 16.2. The summed E-state index contributed by atoms with van der Waals surface area (Å²) in [5, 5.41) is 25.1. The van der Waals surface area contributed by atoms with Gasteiger partial charge in [0, 0.05) is 30.0 Å². The lowest BCUT2D eigenvalue weighted by atomic mass is 10.2. The third-order valence-electron chi connectivity index (χ3n) is 3.34. The standard InChI is InChI=1S/C16H13N5O2/c1-20-16(15-5-3-2-4-13(15)11-18-20)19-17-10-12-6-8-14(9-7-12)21(22)23/h2-11H,1H3/b17-10-,19-16+. The van der Waals surface area contributed by atoms with Crippen molar-refractivity contribution in [2.45, 2.75) is 0 Å². The minimum Gasteiger partial charge on any atom is -0.258 e. The molecular weight excluding hydrogens is 294 g/mol. The van der Waals surface area contributed by atoms with Crippen LogP contribution >= 0.6 is 0 Å². The highest BCUT2D eigenvalue weighted by Crippen LogP contribution is 2.10. The van der Waals surface area contributed by atoms with Gasteiger partial charge in [-0.05, 0) is 17.7 Å². The van der Waals surface area contributed by atoms with Crippen LogP contribution in [0.5, 0.6) is 0 Å². The van der Waals surface area contributed by atoms with Gasteiger partial charge in [-0.15, -0.1) is 5.10 Å². The van der Waals surface area contributed by atoms with Crippen LogP contribution in [0.25, 0.3) is 10.8 Å². The predicted octanol–water partition coefficient (Wildman–Crippen LogP) is 2.42. The van der Waals surface area contributed by atoms with Crippen molar-refractivity contribution in [2.24, 2.45) is 17.3 Å². The minimum absolute atomic E-state index is 0.0451. The number of benzene rings is 2. The van der Waals surface area contributed by atoms with Crippen LogP contribution in [0.15, 0.2) is 64.9 Å². The second-order valence-electron chi connectivity index (χ2n) is 4.87. The highest BCUT2D eigenvalue weighted by molar-refractivity contribution is 5.81. The smallest absolute Gasteiger partial charge is 0.258 e. The second kappa shape index (κ2) is 6.18. The van der Waals surface area contributed by atoms with Crippen LogP contribution in [0.1, 0.15) is 5.56 Å². The summed E-state index contributed by atoms with van der Waals surface area (Å²) in [6.45, 7) is 0. The molecule has 0 N–H and O–H groups in total. The Kier molecular flexibility index (Phi) is 3.92. The Balaban J connectivity index is 1.96. The van der Waals surface area contributed by atoms with Gasteiger partial charge in [0.2, 0.25) is 0 Å². The van der Waals surface area contributed by atoms with Crippen LogP contribution in [0.3, 0.4) is 0 Å². The number of hydrogen-bond acceptors (Lipinski definition) is 5. The molecule has 7 nitrogen and oxygen atoms in total. The molecule has 1 aromatic heterocycles. The van der Waals surface area contributed by atoms with Crippen molar-refractivity contribution in [1.29, 1.82) is 0 Å². The molecule has 0 spiro atoms. The molecule has 0 amide bonds. The molecule has 3 rings (SSSR count). The number of non-ortho nitro benzene ring substituents is 1. The molecule has 3 aromatic rings. The number of nitro benzene ring substituents is 1. The van der Waals surface area contributed by atoms with E-state index in [4.69, 9.17) is 0 Å². The molecule has 2 aromatic carbocycles. The van der Waals surface area contributed by atoms with E-state index in [1.54, 1.807) is 36.3 Å². The number of fused-ring (bicyclic) bond motifs is 1. The molecule has 114 valence electrons. The van der Waals surface area contributed by atoms with Crippen LogP contribution in [0.2, 0.25) is 0 Å². The Morgan fingerprint density at radius 3 is 2.65 bits per heavy atom. The number of aromatic nitrogens is 2. The topological polar surface area (TPSA) is 85.7 Å². The van der Waals surface area contributed by atoms with E-state index in [9.17, 15) is 10.1 Å². The van der Waals surface area contributed by atoms with Gasteiger partial charge in [-0.2, -0.15) is 10.2 Å². The summed E-state index contributed by atoms with van der Waals surface area (Å²) < 4.78 is 1.65. The first-order valence-corrected chi connectivity index (χ1v) is 6.88. The largest absolute Gasteiger partial charge is 0.269 e. The normalized spacial score (nSPS) is 12.1. The van der Waals surface area contributed by atoms with Crippen molar-refractivity contribution in [3.05, 3.63) is 75.9 Å². The maximum atomic E-state index is 10.6. The maximum absolute atomic E-state index is 10.6. The molecule has 7 heteroatoms. The number of rotatable bonds is 3. The summed E-state index contributed by atoms with van der Waals surface area (Å²) in [6, 6.07) is 13.9.